The van der Waals surface area contributed by atoms with Crippen molar-refractivity contribution in [2.24, 2.45) is 5.92 Å². The third kappa shape index (κ3) is 3.23. The van der Waals surface area contributed by atoms with Crippen molar-refractivity contribution in [2.45, 2.75) is 33.7 Å². The third-order valence-electron chi connectivity index (χ3n) is 2.35. The minimum absolute atomic E-state index is 0.392. The van der Waals surface area contributed by atoms with Gasteiger partial charge in [0.2, 0.25) is 0 Å². The van der Waals surface area contributed by atoms with E-state index in [4.69, 9.17) is 5.26 Å². The lowest BCUT2D eigenvalue weighted by Gasteiger charge is -2.29. The minimum Gasteiger partial charge on any atom is -0.354 e. The summed E-state index contributed by atoms with van der Waals surface area (Å²) >= 11 is 0. The van der Waals surface area contributed by atoms with Crippen LogP contribution in [-0.4, -0.2) is 17.6 Å². The summed E-state index contributed by atoms with van der Waals surface area (Å²) in [6, 6.07) is 6.12. The molecule has 1 aromatic rings. The number of nitriles is 1. The molecule has 86 valence electrons. The normalized spacial score (nSPS) is 10.6. The Morgan fingerprint density at radius 1 is 1.38 bits per heavy atom. The number of rotatable bonds is 4. The Labute approximate surface area is 97.7 Å². The molecule has 0 unspecified atom stereocenters. The summed E-state index contributed by atoms with van der Waals surface area (Å²) in [5, 5.41) is 8.87. The standard InChI is InChI=1S/C13H19N3/c1-10(2)9-16(11(3)4)13-7-12(8-14)5-6-15-13/h5-7,10-11H,9H2,1-4H3. The van der Waals surface area contributed by atoms with Gasteiger partial charge in [0.25, 0.3) is 0 Å². The van der Waals surface area contributed by atoms with Crippen molar-refractivity contribution in [1.29, 1.82) is 5.26 Å². The quantitative estimate of drug-likeness (QED) is 0.778. The molecule has 0 radical (unpaired) electrons. The summed E-state index contributed by atoms with van der Waals surface area (Å²) in [6.45, 7) is 9.61. The van der Waals surface area contributed by atoms with E-state index in [0.717, 1.165) is 12.4 Å². The van der Waals surface area contributed by atoms with E-state index in [1.165, 1.54) is 0 Å². The van der Waals surface area contributed by atoms with Crippen molar-refractivity contribution in [3.8, 4) is 6.07 Å². The van der Waals surface area contributed by atoms with Crippen LogP contribution in [0.3, 0.4) is 0 Å². The molecule has 0 spiro atoms. The van der Waals surface area contributed by atoms with Crippen molar-refractivity contribution in [1.82, 2.24) is 4.98 Å². The van der Waals surface area contributed by atoms with Crippen molar-refractivity contribution in [2.75, 3.05) is 11.4 Å². The van der Waals surface area contributed by atoms with Crippen LogP contribution in [0.25, 0.3) is 0 Å². The fourth-order valence-electron chi connectivity index (χ4n) is 1.61. The Morgan fingerprint density at radius 2 is 2.06 bits per heavy atom. The SMILES string of the molecule is CC(C)CN(c1cc(C#N)ccn1)C(C)C. The van der Waals surface area contributed by atoms with Crippen LogP contribution < -0.4 is 4.90 Å². The Hall–Kier alpha value is -1.56. The first-order valence-corrected chi connectivity index (χ1v) is 5.67. The van der Waals surface area contributed by atoms with Crippen molar-refractivity contribution in [3.63, 3.8) is 0 Å². The van der Waals surface area contributed by atoms with Crippen LogP contribution in [0.5, 0.6) is 0 Å². The van der Waals surface area contributed by atoms with Gasteiger partial charge in [-0.05, 0) is 31.9 Å². The van der Waals surface area contributed by atoms with Gasteiger partial charge in [0.15, 0.2) is 0 Å². The van der Waals surface area contributed by atoms with E-state index < -0.39 is 0 Å². The van der Waals surface area contributed by atoms with Crippen molar-refractivity contribution < 1.29 is 0 Å². The van der Waals surface area contributed by atoms with Gasteiger partial charge in [-0.1, -0.05) is 13.8 Å². The van der Waals surface area contributed by atoms with E-state index in [0.29, 0.717) is 17.5 Å². The third-order valence-corrected chi connectivity index (χ3v) is 2.35. The number of hydrogen-bond donors (Lipinski definition) is 0. The number of anilines is 1. The first kappa shape index (κ1) is 12.5. The molecule has 0 aromatic carbocycles. The average molecular weight is 217 g/mol. The first-order valence-electron chi connectivity index (χ1n) is 5.67. The highest BCUT2D eigenvalue weighted by Crippen LogP contribution is 2.16. The maximum atomic E-state index is 8.87. The maximum absolute atomic E-state index is 8.87. The summed E-state index contributed by atoms with van der Waals surface area (Å²) in [5.41, 5.74) is 0.666. The second-order valence-electron chi connectivity index (χ2n) is 4.65. The summed E-state index contributed by atoms with van der Waals surface area (Å²) in [6.07, 6.45) is 1.70. The monoisotopic (exact) mass is 217 g/mol. The Kier molecular flexibility index (Phi) is 4.30. The van der Waals surface area contributed by atoms with Crippen LogP contribution in [0.15, 0.2) is 18.3 Å². The highest BCUT2D eigenvalue weighted by atomic mass is 15.2. The molecule has 0 N–H and O–H groups in total. The lowest BCUT2D eigenvalue weighted by Crippen LogP contribution is -2.34. The van der Waals surface area contributed by atoms with Gasteiger partial charge in [0, 0.05) is 18.8 Å². The lowest BCUT2D eigenvalue weighted by molar-refractivity contribution is 0.566. The van der Waals surface area contributed by atoms with Crippen LogP contribution in [0.4, 0.5) is 5.82 Å². The molecule has 0 aliphatic rings. The van der Waals surface area contributed by atoms with E-state index in [1.54, 1.807) is 12.3 Å². The second kappa shape index (κ2) is 5.50. The molecule has 1 rings (SSSR count). The fraction of sp³-hybridized carbons (Fsp3) is 0.538. The van der Waals surface area contributed by atoms with Crippen LogP contribution in [0.2, 0.25) is 0 Å². The number of aromatic nitrogens is 1. The Balaban J connectivity index is 2.97. The van der Waals surface area contributed by atoms with Gasteiger partial charge < -0.3 is 4.90 Å². The number of hydrogen-bond acceptors (Lipinski definition) is 3. The molecule has 0 atom stereocenters. The lowest BCUT2D eigenvalue weighted by atomic mass is 10.1. The molecule has 0 fully saturated rings. The molecule has 0 bridgehead atoms. The molecule has 0 saturated heterocycles. The largest absolute Gasteiger partial charge is 0.354 e. The van der Waals surface area contributed by atoms with Crippen LogP contribution >= 0.6 is 0 Å². The zero-order valence-corrected chi connectivity index (χ0v) is 10.4. The first-order chi connectivity index (χ1) is 7.54. The topological polar surface area (TPSA) is 39.9 Å². The average Bonchev–Trinajstić information content (AvgIpc) is 2.25. The Bertz CT molecular complexity index is 377. The summed E-state index contributed by atoms with van der Waals surface area (Å²) in [4.78, 5) is 6.56. The van der Waals surface area contributed by atoms with Crippen molar-refractivity contribution >= 4 is 5.82 Å². The van der Waals surface area contributed by atoms with Crippen LogP contribution in [0, 0.1) is 17.2 Å². The predicted molar refractivity (Wildman–Crippen MR) is 66.3 cm³/mol. The summed E-state index contributed by atoms with van der Waals surface area (Å²) in [7, 11) is 0. The van der Waals surface area contributed by atoms with E-state index in [1.807, 2.05) is 6.07 Å². The van der Waals surface area contributed by atoms with E-state index in [-0.39, 0.29) is 0 Å². The molecule has 0 aliphatic carbocycles. The Morgan fingerprint density at radius 3 is 2.56 bits per heavy atom. The smallest absolute Gasteiger partial charge is 0.130 e. The van der Waals surface area contributed by atoms with E-state index >= 15 is 0 Å². The van der Waals surface area contributed by atoms with Gasteiger partial charge in [-0.15, -0.1) is 0 Å². The van der Waals surface area contributed by atoms with Gasteiger partial charge >= 0.3 is 0 Å². The molecule has 0 amide bonds. The van der Waals surface area contributed by atoms with Gasteiger partial charge in [-0.2, -0.15) is 5.26 Å². The zero-order chi connectivity index (χ0) is 12.1. The molecule has 3 nitrogen and oxygen atoms in total. The van der Waals surface area contributed by atoms with Gasteiger partial charge in [0.1, 0.15) is 5.82 Å². The van der Waals surface area contributed by atoms with E-state index in [2.05, 4.69) is 43.6 Å². The van der Waals surface area contributed by atoms with E-state index in [9.17, 15) is 0 Å². The molecular formula is C13H19N3. The predicted octanol–water partition coefficient (Wildman–Crippen LogP) is 2.82. The molecule has 0 saturated carbocycles. The van der Waals surface area contributed by atoms with Crippen LogP contribution in [0.1, 0.15) is 33.3 Å². The molecule has 1 aromatic heterocycles. The summed E-state index contributed by atoms with van der Waals surface area (Å²) < 4.78 is 0. The highest BCUT2D eigenvalue weighted by Gasteiger charge is 2.13. The number of nitrogens with zero attached hydrogens (tertiary/aromatic N) is 3. The fourth-order valence-corrected chi connectivity index (χ4v) is 1.61. The minimum atomic E-state index is 0.392. The maximum Gasteiger partial charge on any atom is 0.130 e. The number of pyridine rings is 1. The molecule has 1 heterocycles. The van der Waals surface area contributed by atoms with Gasteiger partial charge in [-0.3, -0.25) is 0 Å². The molecule has 16 heavy (non-hydrogen) atoms. The van der Waals surface area contributed by atoms with Gasteiger partial charge in [0.05, 0.1) is 11.6 Å². The molecule has 3 heteroatoms. The van der Waals surface area contributed by atoms with Crippen LogP contribution in [-0.2, 0) is 0 Å². The zero-order valence-electron chi connectivity index (χ0n) is 10.4. The molecular weight excluding hydrogens is 198 g/mol. The highest BCUT2D eigenvalue weighted by molar-refractivity contribution is 5.45. The van der Waals surface area contributed by atoms with Gasteiger partial charge in [-0.25, -0.2) is 4.98 Å². The molecule has 0 aliphatic heterocycles. The summed E-state index contributed by atoms with van der Waals surface area (Å²) in [5.74, 6) is 1.47. The van der Waals surface area contributed by atoms with Crippen molar-refractivity contribution in [3.05, 3.63) is 23.9 Å². The second-order valence-corrected chi connectivity index (χ2v) is 4.65.